The van der Waals surface area contributed by atoms with Crippen molar-refractivity contribution in [2.24, 2.45) is 11.0 Å². The number of hydrogen-bond acceptors (Lipinski definition) is 2. The molecule has 1 fully saturated rings. The van der Waals surface area contributed by atoms with Crippen LogP contribution in [0.25, 0.3) is 0 Å². The summed E-state index contributed by atoms with van der Waals surface area (Å²) in [5.41, 5.74) is 2.90. The molecule has 0 radical (unpaired) electrons. The molecule has 2 heteroatoms. The molecule has 0 unspecified atom stereocenters. The van der Waals surface area contributed by atoms with Crippen LogP contribution >= 0.6 is 0 Å². The Morgan fingerprint density at radius 2 is 2.11 bits per heavy atom. The molecule has 1 aliphatic carbocycles. The largest absolute Gasteiger partial charge is 0.310 e. The van der Waals surface area contributed by atoms with Crippen molar-refractivity contribution < 1.29 is 0 Å². The van der Waals surface area contributed by atoms with Crippen LogP contribution in [0.1, 0.15) is 25.7 Å². The van der Waals surface area contributed by atoms with Crippen molar-refractivity contribution in [3.05, 3.63) is 0 Å². The first kappa shape index (κ1) is 6.59. The van der Waals surface area contributed by atoms with Gasteiger partial charge in [-0.25, -0.2) is 0 Å². The normalized spacial score (nSPS) is 20.0. The van der Waals surface area contributed by atoms with Crippen molar-refractivity contribution in [3.63, 3.8) is 0 Å². The lowest BCUT2D eigenvalue weighted by atomic mass is 10.1. The van der Waals surface area contributed by atoms with E-state index in [9.17, 15) is 0 Å². The Kier molecular flexibility index (Phi) is 2.55. The topological polar surface area (TPSA) is 24.4 Å². The third kappa shape index (κ3) is 2.04. The summed E-state index contributed by atoms with van der Waals surface area (Å²) >= 11 is 0. The Balaban J connectivity index is 2.04. The van der Waals surface area contributed by atoms with Gasteiger partial charge in [-0.15, -0.1) is 0 Å². The summed E-state index contributed by atoms with van der Waals surface area (Å²) in [4.78, 5) is 0. The molecule has 1 aliphatic rings. The minimum Gasteiger partial charge on any atom is -0.310 e. The van der Waals surface area contributed by atoms with Gasteiger partial charge in [0.2, 0.25) is 0 Å². The van der Waals surface area contributed by atoms with Gasteiger partial charge < -0.3 is 5.43 Å². The van der Waals surface area contributed by atoms with Crippen molar-refractivity contribution >= 4 is 6.72 Å². The first-order chi connectivity index (χ1) is 4.43. The monoisotopic (exact) mass is 126 g/mol. The van der Waals surface area contributed by atoms with E-state index >= 15 is 0 Å². The molecule has 0 atom stereocenters. The Labute approximate surface area is 56.3 Å². The second-order valence-electron chi connectivity index (χ2n) is 2.67. The van der Waals surface area contributed by atoms with Gasteiger partial charge in [0.15, 0.2) is 0 Å². The van der Waals surface area contributed by atoms with Gasteiger partial charge in [0, 0.05) is 13.3 Å². The molecule has 0 saturated heterocycles. The predicted molar refractivity (Wildman–Crippen MR) is 39.5 cm³/mol. The molecular weight excluding hydrogens is 112 g/mol. The quantitative estimate of drug-likeness (QED) is 0.448. The molecule has 1 rings (SSSR count). The smallest absolute Gasteiger partial charge is 0.0357 e. The maximum Gasteiger partial charge on any atom is 0.0357 e. The minimum atomic E-state index is 0.871. The summed E-state index contributed by atoms with van der Waals surface area (Å²) in [7, 11) is 0. The van der Waals surface area contributed by atoms with Crippen LogP contribution in [0.2, 0.25) is 0 Å². The molecule has 0 aliphatic heterocycles. The lowest BCUT2D eigenvalue weighted by molar-refractivity contribution is 0.501. The van der Waals surface area contributed by atoms with Crippen LogP contribution in [0.15, 0.2) is 5.10 Å². The van der Waals surface area contributed by atoms with E-state index in [0.29, 0.717) is 0 Å². The number of hydrogen-bond donors (Lipinski definition) is 1. The van der Waals surface area contributed by atoms with Gasteiger partial charge in [-0.3, -0.25) is 0 Å². The van der Waals surface area contributed by atoms with Crippen molar-refractivity contribution in [1.82, 2.24) is 5.43 Å². The zero-order valence-electron chi connectivity index (χ0n) is 5.77. The van der Waals surface area contributed by atoms with Gasteiger partial charge in [-0.1, -0.05) is 12.8 Å². The Morgan fingerprint density at radius 3 is 2.67 bits per heavy atom. The molecule has 0 amide bonds. The van der Waals surface area contributed by atoms with Crippen LogP contribution in [0.4, 0.5) is 0 Å². The standard InChI is InChI=1S/C7H14N2/c1-8-9-6-7-4-2-3-5-7/h7,9H,1-6H2. The first-order valence-electron chi connectivity index (χ1n) is 3.62. The second kappa shape index (κ2) is 3.49. The van der Waals surface area contributed by atoms with Gasteiger partial charge in [0.25, 0.3) is 0 Å². The lowest BCUT2D eigenvalue weighted by Gasteiger charge is -2.05. The van der Waals surface area contributed by atoms with Gasteiger partial charge in [0.1, 0.15) is 0 Å². The van der Waals surface area contributed by atoms with E-state index in [1.807, 2.05) is 0 Å². The van der Waals surface area contributed by atoms with Crippen LogP contribution in [0.5, 0.6) is 0 Å². The maximum absolute atomic E-state index is 3.60. The van der Waals surface area contributed by atoms with Crippen molar-refractivity contribution in [3.8, 4) is 0 Å². The van der Waals surface area contributed by atoms with E-state index in [1.54, 1.807) is 0 Å². The van der Waals surface area contributed by atoms with Crippen LogP contribution in [0.3, 0.4) is 0 Å². The molecule has 2 nitrogen and oxygen atoms in total. The number of nitrogens with one attached hydrogen (secondary N) is 1. The summed E-state index contributed by atoms with van der Waals surface area (Å²) < 4.78 is 0. The van der Waals surface area contributed by atoms with Crippen molar-refractivity contribution in [2.75, 3.05) is 6.54 Å². The maximum atomic E-state index is 3.60. The number of hydrazone groups is 1. The van der Waals surface area contributed by atoms with Crippen LogP contribution in [0, 0.1) is 5.92 Å². The zero-order chi connectivity index (χ0) is 6.53. The SMILES string of the molecule is C=NNCC1CCCC1. The fourth-order valence-electron chi connectivity index (χ4n) is 1.41. The Bertz CT molecular complexity index is 84.9. The van der Waals surface area contributed by atoms with Crippen LogP contribution in [-0.4, -0.2) is 13.3 Å². The summed E-state index contributed by atoms with van der Waals surface area (Å²) in [5.74, 6) is 0.871. The zero-order valence-corrected chi connectivity index (χ0v) is 5.77. The van der Waals surface area contributed by atoms with Crippen LogP contribution in [-0.2, 0) is 0 Å². The van der Waals surface area contributed by atoms with E-state index in [0.717, 1.165) is 12.5 Å². The van der Waals surface area contributed by atoms with Gasteiger partial charge in [-0.05, 0) is 18.8 Å². The number of nitrogens with zero attached hydrogens (tertiary/aromatic N) is 1. The van der Waals surface area contributed by atoms with Gasteiger partial charge >= 0.3 is 0 Å². The third-order valence-corrected chi connectivity index (χ3v) is 1.97. The minimum absolute atomic E-state index is 0.871. The third-order valence-electron chi connectivity index (χ3n) is 1.97. The highest BCUT2D eigenvalue weighted by Crippen LogP contribution is 2.23. The average molecular weight is 126 g/mol. The molecule has 1 N–H and O–H groups in total. The van der Waals surface area contributed by atoms with Crippen molar-refractivity contribution in [1.29, 1.82) is 0 Å². The van der Waals surface area contributed by atoms with Crippen molar-refractivity contribution in [2.45, 2.75) is 25.7 Å². The molecule has 52 valence electrons. The predicted octanol–water partition coefficient (Wildman–Crippen LogP) is 1.38. The highest BCUT2D eigenvalue weighted by Gasteiger charge is 2.13. The van der Waals surface area contributed by atoms with E-state index < -0.39 is 0 Å². The fourth-order valence-corrected chi connectivity index (χ4v) is 1.41. The fraction of sp³-hybridized carbons (Fsp3) is 0.857. The molecule has 9 heavy (non-hydrogen) atoms. The molecule has 0 heterocycles. The molecule has 0 spiro atoms. The summed E-state index contributed by atoms with van der Waals surface area (Å²) in [6.45, 7) is 4.39. The lowest BCUT2D eigenvalue weighted by Crippen LogP contribution is -2.14. The molecule has 0 aromatic rings. The summed E-state index contributed by atoms with van der Waals surface area (Å²) in [6.07, 6.45) is 5.57. The molecule has 1 saturated carbocycles. The molecular formula is C7H14N2. The van der Waals surface area contributed by atoms with Gasteiger partial charge in [0.05, 0.1) is 0 Å². The first-order valence-corrected chi connectivity index (χ1v) is 3.62. The van der Waals surface area contributed by atoms with Crippen LogP contribution < -0.4 is 5.43 Å². The van der Waals surface area contributed by atoms with Gasteiger partial charge in [-0.2, -0.15) is 5.10 Å². The second-order valence-corrected chi connectivity index (χ2v) is 2.67. The van der Waals surface area contributed by atoms with E-state index in [4.69, 9.17) is 0 Å². The summed E-state index contributed by atoms with van der Waals surface area (Å²) in [6, 6.07) is 0. The van der Waals surface area contributed by atoms with E-state index in [-0.39, 0.29) is 0 Å². The molecule has 0 aromatic heterocycles. The average Bonchev–Trinajstić information content (AvgIpc) is 2.34. The highest BCUT2D eigenvalue weighted by molar-refractivity contribution is 5.22. The Hall–Kier alpha value is -0.530. The summed E-state index contributed by atoms with van der Waals surface area (Å²) in [5, 5.41) is 3.60. The van der Waals surface area contributed by atoms with E-state index in [2.05, 4.69) is 17.2 Å². The molecule has 0 aromatic carbocycles. The highest BCUT2D eigenvalue weighted by atomic mass is 15.3. The molecule has 0 bridgehead atoms. The Morgan fingerprint density at radius 1 is 1.44 bits per heavy atom. The number of rotatable bonds is 3. The van der Waals surface area contributed by atoms with E-state index in [1.165, 1.54) is 25.7 Å².